The third kappa shape index (κ3) is 4.49. The zero-order valence-corrected chi connectivity index (χ0v) is 14.7. The van der Waals surface area contributed by atoms with Crippen LogP contribution < -0.4 is 10.6 Å². The number of nitrogens with zero attached hydrogens (tertiary/aromatic N) is 1. The number of amides is 1. The van der Waals surface area contributed by atoms with Gasteiger partial charge in [-0.3, -0.25) is 9.69 Å². The summed E-state index contributed by atoms with van der Waals surface area (Å²) in [5, 5.41) is 6.61. The molecule has 0 unspecified atom stereocenters. The second-order valence-corrected chi connectivity index (χ2v) is 7.61. The number of nitrogens with one attached hydrogen (secondary N) is 2. The standard InChI is InChI=1S/C18H27N3OS/c1-19-18(22)13-21-10-8-14(9-11-21)20-16-6-4-12-23-17-7-3-2-5-15(16)17/h2-3,5,7,14,16,20H,4,6,8-13H2,1H3,(H,19,22)/t16-/m1/s1. The lowest BCUT2D eigenvalue weighted by atomic mass is 9.98. The van der Waals surface area contributed by atoms with Gasteiger partial charge in [0.25, 0.3) is 0 Å². The fraction of sp³-hybridized carbons (Fsp3) is 0.611. The van der Waals surface area contributed by atoms with Crippen LogP contribution in [-0.4, -0.2) is 49.3 Å². The van der Waals surface area contributed by atoms with Gasteiger partial charge in [0.1, 0.15) is 0 Å². The molecular weight excluding hydrogens is 306 g/mol. The molecule has 4 nitrogen and oxygen atoms in total. The normalized spacial score (nSPS) is 23.1. The van der Waals surface area contributed by atoms with Gasteiger partial charge in [-0.25, -0.2) is 0 Å². The number of rotatable bonds is 4. The van der Waals surface area contributed by atoms with E-state index in [1.54, 1.807) is 7.05 Å². The Bertz CT molecular complexity index is 529. The first-order valence-electron chi connectivity index (χ1n) is 8.67. The second kappa shape index (κ2) is 8.18. The molecule has 3 rings (SSSR count). The Labute approximate surface area is 143 Å². The molecule has 2 aliphatic heterocycles. The lowest BCUT2D eigenvalue weighted by molar-refractivity contribution is -0.122. The number of hydrogen-bond acceptors (Lipinski definition) is 4. The molecule has 1 aromatic rings. The van der Waals surface area contributed by atoms with E-state index in [9.17, 15) is 4.79 Å². The summed E-state index contributed by atoms with van der Waals surface area (Å²) in [5.41, 5.74) is 1.47. The van der Waals surface area contributed by atoms with Crippen LogP contribution in [0.3, 0.4) is 0 Å². The molecule has 1 saturated heterocycles. The number of thioether (sulfide) groups is 1. The molecule has 2 heterocycles. The molecule has 1 amide bonds. The summed E-state index contributed by atoms with van der Waals surface area (Å²) in [6.07, 6.45) is 4.75. The van der Waals surface area contributed by atoms with Crippen molar-refractivity contribution < 1.29 is 4.79 Å². The Morgan fingerprint density at radius 1 is 1.26 bits per heavy atom. The van der Waals surface area contributed by atoms with E-state index in [4.69, 9.17) is 0 Å². The molecule has 0 aliphatic carbocycles. The molecule has 1 fully saturated rings. The van der Waals surface area contributed by atoms with Gasteiger partial charge in [0.15, 0.2) is 0 Å². The van der Waals surface area contributed by atoms with Crippen LogP contribution in [0.1, 0.15) is 37.3 Å². The Kier molecular flexibility index (Phi) is 5.97. The molecule has 126 valence electrons. The molecule has 0 spiro atoms. The van der Waals surface area contributed by atoms with E-state index < -0.39 is 0 Å². The van der Waals surface area contributed by atoms with Gasteiger partial charge >= 0.3 is 0 Å². The van der Waals surface area contributed by atoms with Crippen molar-refractivity contribution in [3.63, 3.8) is 0 Å². The summed E-state index contributed by atoms with van der Waals surface area (Å²) < 4.78 is 0. The average molecular weight is 334 g/mol. The quantitative estimate of drug-likeness (QED) is 0.888. The molecule has 0 aromatic heterocycles. The van der Waals surface area contributed by atoms with Crippen molar-refractivity contribution in [2.24, 2.45) is 0 Å². The van der Waals surface area contributed by atoms with Crippen molar-refractivity contribution in [1.29, 1.82) is 0 Å². The average Bonchev–Trinajstić information content (AvgIpc) is 2.79. The second-order valence-electron chi connectivity index (χ2n) is 6.47. The van der Waals surface area contributed by atoms with E-state index in [1.165, 1.54) is 29.1 Å². The maximum Gasteiger partial charge on any atom is 0.233 e. The summed E-state index contributed by atoms with van der Waals surface area (Å²) >= 11 is 1.99. The van der Waals surface area contributed by atoms with E-state index in [2.05, 4.69) is 39.8 Å². The predicted molar refractivity (Wildman–Crippen MR) is 95.8 cm³/mol. The van der Waals surface area contributed by atoms with Crippen molar-refractivity contribution in [1.82, 2.24) is 15.5 Å². The Balaban J connectivity index is 1.55. The highest BCUT2D eigenvalue weighted by molar-refractivity contribution is 7.99. The highest BCUT2D eigenvalue weighted by Crippen LogP contribution is 2.35. The number of benzene rings is 1. The van der Waals surface area contributed by atoms with Crippen molar-refractivity contribution in [2.75, 3.05) is 32.4 Å². The number of likely N-dealkylation sites (N-methyl/N-ethyl adjacent to an activating group) is 1. The van der Waals surface area contributed by atoms with Crippen molar-refractivity contribution in [3.05, 3.63) is 29.8 Å². The van der Waals surface area contributed by atoms with Gasteiger partial charge in [0.2, 0.25) is 5.91 Å². The Morgan fingerprint density at radius 3 is 2.83 bits per heavy atom. The molecule has 23 heavy (non-hydrogen) atoms. The number of piperidine rings is 1. The largest absolute Gasteiger partial charge is 0.358 e. The smallest absolute Gasteiger partial charge is 0.233 e. The summed E-state index contributed by atoms with van der Waals surface area (Å²) in [6.45, 7) is 2.55. The van der Waals surface area contributed by atoms with Crippen molar-refractivity contribution >= 4 is 17.7 Å². The van der Waals surface area contributed by atoms with Crippen LogP contribution in [0.2, 0.25) is 0 Å². The first-order valence-corrected chi connectivity index (χ1v) is 9.65. The summed E-state index contributed by atoms with van der Waals surface area (Å²) in [5.74, 6) is 1.34. The zero-order chi connectivity index (χ0) is 16.1. The maximum absolute atomic E-state index is 11.5. The number of fused-ring (bicyclic) bond motifs is 1. The van der Waals surface area contributed by atoms with Crippen LogP contribution in [0.25, 0.3) is 0 Å². The van der Waals surface area contributed by atoms with Gasteiger partial charge in [-0.1, -0.05) is 18.2 Å². The van der Waals surface area contributed by atoms with Gasteiger partial charge in [-0.05, 0) is 43.1 Å². The summed E-state index contributed by atoms with van der Waals surface area (Å²) in [4.78, 5) is 15.2. The van der Waals surface area contributed by atoms with Crippen LogP contribution in [0.5, 0.6) is 0 Å². The van der Waals surface area contributed by atoms with E-state index in [0.717, 1.165) is 25.9 Å². The SMILES string of the molecule is CNC(=O)CN1CCC(N[C@@H]2CCCSc3ccccc32)CC1. The van der Waals surface area contributed by atoms with Crippen molar-refractivity contribution in [2.45, 2.75) is 42.7 Å². The fourth-order valence-electron chi connectivity index (χ4n) is 3.52. The molecule has 1 aromatic carbocycles. The molecule has 5 heteroatoms. The van der Waals surface area contributed by atoms with Gasteiger partial charge in [-0.2, -0.15) is 0 Å². The molecule has 0 saturated carbocycles. The highest BCUT2D eigenvalue weighted by atomic mass is 32.2. The molecule has 0 bridgehead atoms. The minimum Gasteiger partial charge on any atom is -0.358 e. The van der Waals surface area contributed by atoms with Gasteiger partial charge in [0.05, 0.1) is 6.54 Å². The van der Waals surface area contributed by atoms with Gasteiger partial charge in [0, 0.05) is 37.1 Å². The lowest BCUT2D eigenvalue weighted by Crippen LogP contribution is -2.46. The highest BCUT2D eigenvalue weighted by Gasteiger charge is 2.25. The molecule has 2 N–H and O–H groups in total. The third-order valence-electron chi connectivity index (χ3n) is 4.86. The fourth-order valence-corrected chi connectivity index (χ4v) is 4.61. The maximum atomic E-state index is 11.5. The zero-order valence-electron chi connectivity index (χ0n) is 13.9. The number of likely N-dealkylation sites (tertiary alicyclic amines) is 1. The molecule has 1 atom stereocenters. The monoisotopic (exact) mass is 333 g/mol. The van der Waals surface area contributed by atoms with E-state index in [0.29, 0.717) is 18.6 Å². The summed E-state index contributed by atoms with van der Waals surface area (Å²) in [6, 6.07) is 9.89. The van der Waals surface area contributed by atoms with Crippen LogP contribution >= 0.6 is 11.8 Å². The van der Waals surface area contributed by atoms with Crippen molar-refractivity contribution in [3.8, 4) is 0 Å². The van der Waals surface area contributed by atoms with Crippen LogP contribution in [0.4, 0.5) is 0 Å². The Morgan fingerprint density at radius 2 is 2.04 bits per heavy atom. The third-order valence-corrected chi connectivity index (χ3v) is 6.04. The number of hydrogen-bond donors (Lipinski definition) is 2. The molecular formula is C18H27N3OS. The number of carbonyl (C=O) groups is 1. The van der Waals surface area contributed by atoms with Crippen LogP contribution in [0.15, 0.2) is 29.2 Å². The summed E-state index contributed by atoms with van der Waals surface area (Å²) in [7, 11) is 1.71. The van der Waals surface area contributed by atoms with E-state index >= 15 is 0 Å². The van der Waals surface area contributed by atoms with E-state index in [-0.39, 0.29) is 5.91 Å². The lowest BCUT2D eigenvalue weighted by Gasteiger charge is -2.34. The van der Waals surface area contributed by atoms with Gasteiger partial charge in [-0.15, -0.1) is 11.8 Å². The van der Waals surface area contributed by atoms with E-state index in [1.807, 2.05) is 11.8 Å². The first kappa shape index (κ1) is 16.8. The topological polar surface area (TPSA) is 44.4 Å². The molecule has 0 radical (unpaired) electrons. The first-order chi connectivity index (χ1) is 11.3. The van der Waals surface area contributed by atoms with Gasteiger partial charge < -0.3 is 10.6 Å². The minimum absolute atomic E-state index is 0.117. The number of carbonyl (C=O) groups excluding carboxylic acids is 1. The van der Waals surface area contributed by atoms with Crippen LogP contribution in [0, 0.1) is 0 Å². The Hall–Kier alpha value is -1.04. The molecule has 2 aliphatic rings. The van der Waals surface area contributed by atoms with Crippen LogP contribution in [-0.2, 0) is 4.79 Å². The predicted octanol–water partition coefficient (Wildman–Crippen LogP) is 2.41. The minimum atomic E-state index is 0.117.